The Hall–Kier alpha value is -1.68. The van der Waals surface area contributed by atoms with Crippen molar-refractivity contribution >= 4 is 0 Å². The molecule has 0 radical (unpaired) electrons. The van der Waals surface area contributed by atoms with Gasteiger partial charge in [0, 0.05) is 50.3 Å². The van der Waals surface area contributed by atoms with E-state index in [-0.39, 0.29) is 0 Å². The number of pyridine rings is 1. The maximum atomic E-state index is 4.39. The van der Waals surface area contributed by atoms with Gasteiger partial charge in [-0.15, -0.1) is 0 Å². The number of hydrogen-bond donors (Lipinski definition) is 0. The molecule has 1 aliphatic rings. The zero-order valence-corrected chi connectivity index (χ0v) is 12.3. The Labute approximate surface area is 120 Å². The summed E-state index contributed by atoms with van der Waals surface area (Å²) in [5.74, 6) is 1.96. The molecule has 1 aliphatic heterocycles. The lowest BCUT2D eigenvalue weighted by atomic mass is 9.98. The Morgan fingerprint density at radius 2 is 2.25 bits per heavy atom. The number of hydrogen-bond acceptors (Lipinski definition) is 3. The number of nitrogens with zero attached hydrogens (tertiary/aromatic N) is 4. The molecule has 4 heteroatoms. The van der Waals surface area contributed by atoms with Crippen LogP contribution in [0.25, 0.3) is 0 Å². The highest BCUT2D eigenvalue weighted by atomic mass is 15.1. The summed E-state index contributed by atoms with van der Waals surface area (Å²) >= 11 is 0. The maximum Gasteiger partial charge on any atom is 0.108 e. The molecule has 0 amide bonds. The minimum Gasteiger partial charge on any atom is -0.335 e. The number of aromatic nitrogens is 3. The van der Waals surface area contributed by atoms with E-state index in [1.54, 1.807) is 0 Å². The molecule has 0 aliphatic carbocycles. The van der Waals surface area contributed by atoms with Gasteiger partial charge in [-0.2, -0.15) is 0 Å². The lowest BCUT2D eigenvalue weighted by molar-refractivity contribution is 0.228. The van der Waals surface area contributed by atoms with Gasteiger partial charge in [0.1, 0.15) is 5.82 Å². The minimum absolute atomic E-state index is 0.721. The number of fused-ring (bicyclic) bond motifs is 1. The normalized spacial score (nSPS) is 18.2. The molecule has 3 rings (SSSR count). The van der Waals surface area contributed by atoms with Crippen LogP contribution >= 0.6 is 0 Å². The van der Waals surface area contributed by atoms with Crippen molar-refractivity contribution in [2.45, 2.75) is 32.9 Å². The van der Waals surface area contributed by atoms with Gasteiger partial charge in [-0.05, 0) is 37.9 Å². The zero-order chi connectivity index (χ0) is 13.9. The van der Waals surface area contributed by atoms with E-state index in [0.29, 0.717) is 0 Å². The Morgan fingerprint density at radius 1 is 1.35 bits per heavy atom. The van der Waals surface area contributed by atoms with Crippen molar-refractivity contribution in [3.8, 4) is 0 Å². The first-order chi connectivity index (χ1) is 9.72. The van der Waals surface area contributed by atoms with Crippen LogP contribution in [0.5, 0.6) is 0 Å². The summed E-state index contributed by atoms with van der Waals surface area (Å²) < 4.78 is 2.30. The fourth-order valence-corrected chi connectivity index (χ4v) is 3.07. The van der Waals surface area contributed by atoms with Gasteiger partial charge in [-0.3, -0.25) is 4.98 Å². The van der Waals surface area contributed by atoms with Gasteiger partial charge in [-0.1, -0.05) is 6.07 Å². The molecular weight excluding hydrogens is 248 g/mol. The Kier molecular flexibility index (Phi) is 3.83. The highest BCUT2D eigenvalue weighted by Gasteiger charge is 2.20. The van der Waals surface area contributed by atoms with Gasteiger partial charge in [-0.25, -0.2) is 4.98 Å². The predicted molar refractivity (Wildman–Crippen MR) is 79.3 cm³/mol. The summed E-state index contributed by atoms with van der Waals surface area (Å²) in [7, 11) is 2.20. The molecule has 0 N–H and O–H groups in total. The van der Waals surface area contributed by atoms with Crippen LogP contribution in [0.4, 0.5) is 0 Å². The van der Waals surface area contributed by atoms with E-state index < -0.39 is 0 Å². The summed E-state index contributed by atoms with van der Waals surface area (Å²) in [5, 5.41) is 0. The highest BCUT2D eigenvalue weighted by molar-refractivity contribution is 5.17. The van der Waals surface area contributed by atoms with Gasteiger partial charge in [0.15, 0.2) is 0 Å². The highest BCUT2D eigenvalue weighted by Crippen LogP contribution is 2.20. The van der Waals surface area contributed by atoms with Crippen LogP contribution in [-0.2, 0) is 19.5 Å². The van der Waals surface area contributed by atoms with E-state index in [0.717, 1.165) is 37.7 Å². The van der Waals surface area contributed by atoms with Crippen LogP contribution in [0, 0.1) is 12.8 Å². The molecule has 2 aromatic rings. The largest absolute Gasteiger partial charge is 0.335 e. The first kappa shape index (κ1) is 13.3. The Balaban J connectivity index is 1.58. The molecule has 0 bridgehead atoms. The van der Waals surface area contributed by atoms with E-state index in [1.807, 2.05) is 18.5 Å². The van der Waals surface area contributed by atoms with Crippen LogP contribution in [0.15, 0.2) is 30.7 Å². The summed E-state index contributed by atoms with van der Waals surface area (Å²) in [6.07, 6.45) is 8.23. The second kappa shape index (κ2) is 5.75. The molecule has 0 spiro atoms. The molecule has 106 valence electrons. The van der Waals surface area contributed by atoms with Gasteiger partial charge in [0.25, 0.3) is 0 Å². The first-order valence-corrected chi connectivity index (χ1v) is 7.31. The van der Waals surface area contributed by atoms with Crippen LogP contribution in [0.2, 0.25) is 0 Å². The van der Waals surface area contributed by atoms with E-state index in [4.69, 9.17) is 0 Å². The third-order valence-electron chi connectivity index (χ3n) is 4.16. The molecule has 0 fully saturated rings. The summed E-state index contributed by atoms with van der Waals surface area (Å²) in [6, 6.07) is 4.20. The molecular formula is C16H22N4. The first-order valence-electron chi connectivity index (χ1n) is 7.31. The molecule has 20 heavy (non-hydrogen) atoms. The van der Waals surface area contributed by atoms with Crippen LogP contribution in [0.3, 0.4) is 0 Å². The van der Waals surface area contributed by atoms with Crippen molar-refractivity contribution in [3.05, 3.63) is 47.8 Å². The van der Waals surface area contributed by atoms with Crippen molar-refractivity contribution in [2.75, 3.05) is 13.6 Å². The number of imidazole rings is 1. The van der Waals surface area contributed by atoms with Crippen molar-refractivity contribution in [1.29, 1.82) is 0 Å². The van der Waals surface area contributed by atoms with Crippen LogP contribution < -0.4 is 0 Å². The average molecular weight is 270 g/mol. The zero-order valence-electron chi connectivity index (χ0n) is 12.3. The van der Waals surface area contributed by atoms with Crippen molar-refractivity contribution in [3.63, 3.8) is 0 Å². The topological polar surface area (TPSA) is 34.0 Å². The molecule has 0 aromatic carbocycles. The SMILES string of the molecule is Cc1ncccc1CN(C)C[C@H]1CCc2nccn2C1. The second-order valence-corrected chi connectivity index (χ2v) is 5.85. The van der Waals surface area contributed by atoms with Gasteiger partial charge in [0.05, 0.1) is 0 Å². The van der Waals surface area contributed by atoms with Gasteiger partial charge >= 0.3 is 0 Å². The van der Waals surface area contributed by atoms with E-state index >= 15 is 0 Å². The fourth-order valence-electron chi connectivity index (χ4n) is 3.07. The molecule has 0 saturated heterocycles. The van der Waals surface area contributed by atoms with Crippen molar-refractivity contribution in [1.82, 2.24) is 19.4 Å². The standard InChI is InChI=1S/C16H22N4/c1-13-15(4-3-7-17-13)12-19(2)10-14-5-6-16-18-8-9-20(16)11-14/h3-4,7-9,14H,5-6,10-12H2,1-2H3/t14-/m1/s1. The molecule has 4 nitrogen and oxygen atoms in total. The number of aryl methyl sites for hydroxylation is 2. The van der Waals surface area contributed by atoms with Crippen molar-refractivity contribution in [2.24, 2.45) is 5.92 Å². The van der Waals surface area contributed by atoms with E-state index in [9.17, 15) is 0 Å². The smallest absolute Gasteiger partial charge is 0.108 e. The molecule has 3 heterocycles. The second-order valence-electron chi connectivity index (χ2n) is 5.85. The molecule has 0 saturated carbocycles. The molecule has 0 unspecified atom stereocenters. The Bertz CT molecular complexity index is 575. The fraction of sp³-hybridized carbons (Fsp3) is 0.500. The monoisotopic (exact) mass is 270 g/mol. The summed E-state index contributed by atoms with van der Waals surface area (Å²) in [5.41, 5.74) is 2.47. The maximum absolute atomic E-state index is 4.39. The van der Waals surface area contributed by atoms with Crippen molar-refractivity contribution < 1.29 is 0 Å². The van der Waals surface area contributed by atoms with Crippen LogP contribution in [-0.4, -0.2) is 33.0 Å². The third-order valence-corrected chi connectivity index (χ3v) is 4.16. The van der Waals surface area contributed by atoms with E-state index in [1.165, 1.54) is 17.8 Å². The number of rotatable bonds is 4. The predicted octanol–water partition coefficient (Wildman–Crippen LogP) is 2.28. The minimum atomic E-state index is 0.721. The molecule has 1 atom stereocenters. The Morgan fingerprint density at radius 3 is 3.10 bits per heavy atom. The van der Waals surface area contributed by atoms with Gasteiger partial charge in [0.2, 0.25) is 0 Å². The van der Waals surface area contributed by atoms with Gasteiger partial charge < -0.3 is 9.47 Å². The quantitative estimate of drug-likeness (QED) is 0.854. The third kappa shape index (κ3) is 2.90. The van der Waals surface area contributed by atoms with Crippen LogP contribution in [0.1, 0.15) is 23.5 Å². The molecule has 2 aromatic heterocycles. The lowest BCUT2D eigenvalue weighted by Gasteiger charge is -2.28. The summed E-state index contributed by atoms with van der Waals surface area (Å²) in [4.78, 5) is 11.2. The average Bonchev–Trinajstić information content (AvgIpc) is 2.89. The summed E-state index contributed by atoms with van der Waals surface area (Å²) in [6.45, 7) is 5.30. The lowest BCUT2D eigenvalue weighted by Crippen LogP contribution is -2.31. The van der Waals surface area contributed by atoms with E-state index in [2.05, 4.69) is 45.7 Å².